The Morgan fingerprint density at radius 1 is 1.20 bits per heavy atom. The predicted molar refractivity (Wildman–Crippen MR) is 121 cm³/mol. The minimum Gasteiger partial charge on any atom is -0.486 e. The van der Waals surface area contributed by atoms with Gasteiger partial charge >= 0.3 is 0 Å². The van der Waals surface area contributed by atoms with Crippen LogP contribution >= 0.6 is 34.4 Å². The van der Waals surface area contributed by atoms with Gasteiger partial charge < -0.3 is 9.47 Å². The van der Waals surface area contributed by atoms with E-state index in [2.05, 4.69) is 4.98 Å². The van der Waals surface area contributed by atoms with E-state index in [-0.39, 0.29) is 17.1 Å². The Hall–Kier alpha value is -2.62. The third kappa shape index (κ3) is 3.42. The number of hydrogen-bond donors (Lipinski definition) is 0. The van der Waals surface area contributed by atoms with E-state index in [0.29, 0.717) is 45.6 Å². The second kappa shape index (κ2) is 7.90. The maximum Gasteiger partial charge on any atom is 0.263 e. The van der Waals surface area contributed by atoms with Crippen molar-refractivity contribution in [3.63, 3.8) is 0 Å². The van der Waals surface area contributed by atoms with Crippen LogP contribution in [0.25, 0.3) is 20.7 Å². The highest BCUT2D eigenvalue weighted by Gasteiger charge is 2.19. The molecule has 4 aromatic rings. The van der Waals surface area contributed by atoms with Gasteiger partial charge in [-0.15, -0.1) is 22.7 Å². The third-order valence-electron chi connectivity index (χ3n) is 4.76. The van der Waals surface area contributed by atoms with Crippen molar-refractivity contribution in [2.45, 2.75) is 5.16 Å². The van der Waals surface area contributed by atoms with Crippen molar-refractivity contribution in [3.8, 4) is 21.9 Å². The van der Waals surface area contributed by atoms with E-state index < -0.39 is 0 Å². The van der Waals surface area contributed by atoms with Crippen LogP contribution in [-0.2, 0) is 7.05 Å². The number of hydrogen-bond acceptors (Lipinski definition) is 8. The quantitative estimate of drug-likeness (QED) is 0.251. The van der Waals surface area contributed by atoms with Gasteiger partial charge in [0, 0.05) is 28.4 Å². The monoisotopic (exact) mass is 456 g/mol. The van der Waals surface area contributed by atoms with Crippen LogP contribution in [0.15, 0.2) is 51.0 Å². The van der Waals surface area contributed by atoms with E-state index in [9.17, 15) is 9.59 Å². The third-order valence-corrected chi connectivity index (χ3v) is 7.56. The summed E-state index contributed by atoms with van der Waals surface area (Å²) in [5.41, 5.74) is 1.37. The number of nitrogens with zero attached hydrogens (tertiary/aromatic N) is 2. The standard InChI is InChI=1S/C21H16N2O4S3/c1-23-20(25)18-13(17-3-2-8-28-17)10-29-19(18)22-21(23)30-11-14(24)12-4-5-15-16(9-12)27-7-6-26-15/h2-5,8-10H,6-7,11H2,1H3. The lowest BCUT2D eigenvalue weighted by Gasteiger charge is -2.18. The van der Waals surface area contributed by atoms with Crippen LogP contribution in [0.3, 0.4) is 0 Å². The fourth-order valence-corrected chi connectivity index (χ4v) is 5.89. The molecule has 0 unspecified atom stereocenters. The van der Waals surface area contributed by atoms with Gasteiger partial charge in [0.05, 0.1) is 11.1 Å². The Balaban J connectivity index is 1.40. The summed E-state index contributed by atoms with van der Waals surface area (Å²) in [6.45, 7) is 0.981. The number of ketones is 1. The highest BCUT2D eigenvalue weighted by Crippen LogP contribution is 2.35. The zero-order chi connectivity index (χ0) is 20.7. The molecule has 0 spiro atoms. The van der Waals surface area contributed by atoms with Gasteiger partial charge in [-0.1, -0.05) is 17.8 Å². The average Bonchev–Trinajstić information content (AvgIpc) is 3.44. The summed E-state index contributed by atoms with van der Waals surface area (Å²) in [5.74, 6) is 1.36. The summed E-state index contributed by atoms with van der Waals surface area (Å²) in [6, 6.07) is 9.16. The smallest absolute Gasteiger partial charge is 0.263 e. The zero-order valence-corrected chi connectivity index (χ0v) is 18.4. The number of aromatic nitrogens is 2. The molecule has 5 rings (SSSR count). The van der Waals surface area contributed by atoms with Gasteiger partial charge in [0.15, 0.2) is 22.4 Å². The predicted octanol–water partition coefficient (Wildman–Crippen LogP) is 4.47. The molecule has 0 N–H and O–H groups in total. The Labute approximate surface area is 184 Å². The van der Waals surface area contributed by atoms with Gasteiger partial charge in [-0.25, -0.2) is 4.98 Å². The van der Waals surface area contributed by atoms with Gasteiger partial charge in [0.1, 0.15) is 18.0 Å². The Morgan fingerprint density at radius 3 is 2.83 bits per heavy atom. The Kier molecular flexibility index (Phi) is 5.10. The lowest BCUT2D eigenvalue weighted by molar-refractivity contribution is 0.102. The van der Waals surface area contributed by atoms with Gasteiger partial charge in [-0.05, 0) is 29.6 Å². The number of fused-ring (bicyclic) bond motifs is 2. The number of carbonyl (C=O) groups is 1. The summed E-state index contributed by atoms with van der Waals surface area (Å²) in [7, 11) is 1.70. The highest BCUT2D eigenvalue weighted by molar-refractivity contribution is 7.99. The summed E-state index contributed by atoms with van der Waals surface area (Å²) in [4.78, 5) is 32.1. The summed E-state index contributed by atoms with van der Waals surface area (Å²) >= 11 is 4.31. The first kappa shape index (κ1) is 19.3. The molecule has 152 valence electrons. The van der Waals surface area contributed by atoms with Crippen LogP contribution in [0.4, 0.5) is 0 Å². The molecule has 0 fully saturated rings. The number of benzene rings is 1. The molecule has 1 aliphatic rings. The van der Waals surface area contributed by atoms with Gasteiger partial charge in [-0.3, -0.25) is 14.2 Å². The normalized spacial score (nSPS) is 13.0. The van der Waals surface area contributed by atoms with E-state index in [1.807, 2.05) is 22.9 Å². The molecule has 1 aliphatic heterocycles. The van der Waals surface area contributed by atoms with Crippen molar-refractivity contribution in [2.75, 3.05) is 19.0 Å². The van der Waals surface area contributed by atoms with Crippen LogP contribution in [0.5, 0.6) is 11.5 Å². The van der Waals surface area contributed by atoms with Crippen molar-refractivity contribution in [1.82, 2.24) is 9.55 Å². The molecule has 4 heterocycles. The summed E-state index contributed by atoms with van der Waals surface area (Å²) in [5, 5.41) is 5.12. The topological polar surface area (TPSA) is 70.4 Å². The van der Waals surface area contributed by atoms with E-state index in [0.717, 1.165) is 10.4 Å². The minimum atomic E-state index is -0.0982. The largest absolute Gasteiger partial charge is 0.486 e. The second-order valence-corrected chi connectivity index (χ2v) is 9.38. The fourth-order valence-electron chi connectivity index (χ4n) is 3.23. The fraction of sp³-hybridized carbons (Fsp3) is 0.190. The van der Waals surface area contributed by atoms with Crippen molar-refractivity contribution < 1.29 is 14.3 Å². The first-order valence-corrected chi connectivity index (χ1v) is 11.9. The minimum absolute atomic E-state index is 0.0585. The SMILES string of the molecule is Cn1c(SCC(=O)c2ccc3c(c2)OCCO3)nc2scc(-c3cccs3)c2c1=O. The molecule has 0 saturated heterocycles. The molecule has 9 heteroatoms. The number of Topliss-reactive ketones (excluding diaryl/α,β-unsaturated/α-hetero) is 1. The molecule has 0 radical (unpaired) electrons. The molecule has 0 bridgehead atoms. The lowest BCUT2D eigenvalue weighted by atomic mass is 10.1. The van der Waals surface area contributed by atoms with Crippen LogP contribution < -0.4 is 15.0 Å². The average molecular weight is 457 g/mol. The van der Waals surface area contributed by atoms with E-state index in [4.69, 9.17) is 9.47 Å². The molecular formula is C21H16N2O4S3. The molecule has 3 aromatic heterocycles. The number of ether oxygens (including phenoxy) is 2. The zero-order valence-electron chi connectivity index (χ0n) is 15.9. The summed E-state index contributed by atoms with van der Waals surface area (Å²) in [6.07, 6.45) is 0. The first-order chi connectivity index (χ1) is 14.6. The van der Waals surface area contributed by atoms with Crippen LogP contribution in [0, 0.1) is 0 Å². The molecule has 0 aliphatic carbocycles. The van der Waals surface area contributed by atoms with Crippen molar-refractivity contribution in [2.24, 2.45) is 7.05 Å². The number of carbonyl (C=O) groups excluding carboxylic acids is 1. The maximum absolute atomic E-state index is 13.0. The van der Waals surface area contributed by atoms with Gasteiger partial charge in [0.2, 0.25) is 0 Å². The molecule has 6 nitrogen and oxygen atoms in total. The van der Waals surface area contributed by atoms with Crippen LogP contribution in [0.2, 0.25) is 0 Å². The number of thiophene rings is 2. The summed E-state index contributed by atoms with van der Waals surface area (Å²) < 4.78 is 12.6. The molecule has 30 heavy (non-hydrogen) atoms. The van der Waals surface area contributed by atoms with Crippen molar-refractivity contribution >= 4 is 50.4 Å². The van der Waals surface area contributed by atoms with Gasteiger partial charge in [0.25, 0.3) is 5.56 Å². The van der Waals surface area contributed by atoms with E-state index in [1.165, 1.54) is 27.7 Å². The van der Waals surface area contributed by atoms with E-state index >= 15 is 0 Å². The van der Waals surface area contributed by atoms with Crippen LogP contribution in [-0.4, -0.2) is 34.3 Å². The Bertz CT molecular complexity index is 1310. The van der Waals surface area contributed by atoms with Crippen molar-refractivity contribution in [1.29, 1.82) is 0 Å². The number of thioether (sulfide) groups is 1. The maximum atomic E-state index is 13.0. The molecule has 0 atom stereocenters. The first-order valence-electron chi connectivity index (χ1n) is 9.19. The van der Waals surface area contributed by atoms with E-state index in [1.54, 1.807) is 36.6 Å². The Morgan fingerprint density at radius 2 is 2.03 bits per heavy atom. The second-order valence-electron chi connectivity index (χ2n) is 6.64. The molecule has 1 aromatic carbocycles. The molecule has 0 saturated carbocycles. The van der Waals surface area contributed by atoms with Crippen molar-refractivity contribution in [3.05, 3.63) is 57.0 Å². The highest BCUT2D eigenvalue weighted by atomic mass is 32.2. The molecular weight excluding hydrogens is 440 g/mol. The molecule has 0 amide bonds. The lowest BCUT2D eigenvalue weighted by Crippen LogP contribution is -2.20. The van der Waals surface area contributed by atoms with Gasteiger partial charge in [-0.2, -0.15) is 0 Å². The number of rotatable bonds is 5. The van der Waals surface area contributed by atoms with Crippen LogP contribution in [0.1, 0.15) is 10.4 Å².